The number of hydrogen-bond acceptors (Lipinski definition) is 8. The molecule has 0 spiro atoms. The fourth-order valence-electron chi connectivity index (χ4n) is 6.23. The van der Waals surface area contributed by atoms with E-state index in [-0.39, 0.29) is 36.4 Å². The van der Waals surface area contributed by atoms with Crippen LogP contribution in [-0.4, -0.2) is 47.1 Å². The van der Waals surface area contributed by atoms with Gasteiger partial charge in [-0.1, -0.05) is 45.9 Å². The number of thioether (sulfide) groups is 1. The molecule has 4 heterocycles. The minimum atomic E-state index is -1.06. The van der Waals surface area contributed by atoms with Gasteiger partial charge in [0.05, 0.1) is 6.61 Å². The lowest BCUT2D eigenvalue weighted by molar-refractivity contribution is -0.0605. The first-order chi connectivity index (χ1) is 21.0. The highest BCUT2D eigenvalue weighted by molar-refractivity contribution is 7.98. The molecule has 9 nitrogen and oxygen atoms in total. The summed E-state index contributed by atoms with van der Waals surface area (Å²) in [5.74, 6) is -2.32. The number of rotatable bonds is 5. The first-order valence-electron chi connectivity index (χ1n) is 14.6. The number of morpholine rings is 1. The molecule has 2 atom stereocenters. The summed E-state index contributed by atoms with van der Waals surface area (Å²) in [6.45, 7) is 8.10. The van der Waals surface area contributed by atoms with Crippen molar-refractivity contribution in [2.24, 2.45) is 11.8 Å². The van der Waals surface area contributed by atoms with Crippen molar-refractivity contribution in [3.05, 3.63) is 92.4 Å². The van der Waals surface area contributed by atoms with E-state index in [4.69, 9.17) is 14.2 Å². The van der Waals surface area contributed by atoms with Crippen LogP contribution >= 0.6 is 11.8 Å². The molecule has 1 aromatic heterocycles. The number of ether oxygens (including phenoxy) is 3. The van der Waals surface area contributed by atoms with E-state index in [2.05, 4.69) is 5.43 Å². The Morgan fingerprint density at radius 3 is 2.59 bits per heavy atom. The van der Waals surface area contributed by atoms with Crippen LogP contribution in [0.5, 0.6) is 5.75 Å². The van der Waals surface area contributed by atoms with Gasteiger partial charge in [-0.25, -0.2) is 13.6 Å². The lowest BCUT2D eigenvalue weighted by Crippen LogP contribution is -2.60. The van der Waals surface area contributed by atoms with Crippen LogP contribution in [0.3, 0.4) is 0 Å². The summed E-state index contributed by atoms with van der Waals surface area (Å²) in [6, 6.07) is 9.70. The van der Waals surface area contributed by atoms with E-state index in [1.165, 1.54) is 28.7 Å². The first kappa shape index (κ1) is 30.1. The van der Waals surface area contributed by atoms with Crippen molar-refractivity contribution >= 4 is 23.8 Å². The van der Waals surface area contributed by atoms with E-state index < -0.39 is 53.2 Å². The van der Waals surface area contributed by atoms with Gasteiger partial charge in [-0.15, -0.1) is 11.8 Å². The molecular formula is C32H33F2N3O6S. The van der Waals surface area contributed by atoms with Crippen LogP contribution in [-0.2, 0) is 21.6 Å². The SMILES string of the molecule is CC(C)C(OC(=O)Oc1c2n(ccc1=O)N[C@@H]1[C@H](c3cccc4c3Cc3ccc(F)c(F)c3CS4)OCCN1C2=O)C(C)C. The standard InChI is InChI=1S/C32H33F2N3O6S/c1-16(2)27(17(3)4)42-32(40)43-29-23(38)10-11-37-26(29)31(39)36-12-13-41-28(30(36)35-37)19-6-5-7-24-20(19)14-18-8-9-22(33)25(34)21(18)15-44-24/h5-11,16-17,27-28,30,35H,12-15H2,1-4H3/t28-,30-/m0/s1. The lowest BCUT2D eigenvalue weighted by Gasteiger charge is -2.46. The highest BCUT2D eigenvalue weighted by Crippen LogP contribution is 2.41. The van der Waals surface area contributed by atoms with Crippen LogP contribution in [0.15, 0.2) is 52.3 Å². The fourth-order valence-corrected chi connectivity index (χ4v) is 7.38. The second kappa shape index (κ2) is 11.9. The summed E-state index contributed by atoms with van der Waals surface area (Å²) in [5.41, 5.74) is 5.25. The fraction of sp³-hybridized carbons (Fsp3) is 0.406. The highest BCUT2D eigenvalue weighted by atomic mass is 32.2. The Hall–Kier alpha value is -3.90. The molecule has 2 aromatic carbocycles. The molecule has 1 saturated heterocycles. The van der Waals surface area contributed by atoms with E-state index in [0.29, 0.717) is 17.5 Å². The number of benzene rings is 2. The second-order valence-electron chi connectivity index (χ2n) is 11.8. The monoisotopic (exact) mass is 625 g/mol. The molecule has 0 unspecified atom stereocenters. The predicted octanol–water partition coefficient (Wildman–Crippen LogP) is 5.62. The zero-order valence-electron chi connectivity index (χ0n) is 24.8. The average Bonchev–Trinajstić information content (AvgIpc) is 3.19. The predicted molar refractivity (Wildman–Crippen MR) is 159 cm³/mol. The zero-order chi connectivity index (χ0) is 31.3. The van der Waals surface area contributed by atoms with E-state index in [9.17, 15) is 23.2 Å². The topological polar surface area (TPSA) is 99.1 Å². The second-order valence-corrected chi connectivity index (χ2v) is 12.8. The summed E-state index contributed by atoms with van der Waals surface area (Å²) < 4.78 is 47.3. The van der Waals surface area contributed by atoms with Gasteiger partial charge in [-0.05, 0) is 47.1 Å². The summed E-state index contributed by atoms with van der Waals surface area (Å²) in [5, 5.41) is 0. The van der Waals surface area contributed by atoms with Gasteiger partial charge < -0.3 is 24.5 Å². The smallest absolute Gasteiger partial charge is 0.430 e. The largest absolute Gasteiger partial charge is 0.514 e. The number of pyridine rings is 1. The van der Waals surface area contributed by atoms with Gasteiger partial charge in [0.1, 0.15) is 18.4 Å². The summed E-state index contributed by atoms with van der Waals surface area (Å²) in [6.07, 6.45) is -1.03. The van der Waals surface area contributed by atoms with E-state index in [1.54, 1.807) is 11.0 Å². The van der Waals surface area contributed by atoms with Crippen LogP contribution in [0.4, 0.5) is 13.6 Å². The Labute approximate surface area is 257 Å². The molecule has 12 heteroatoms. The van der Waals surface area contributed by atoms with Crippen LogP contribution in [0.2, 0.25) is 0 Å². The van der Waals surface area contributed by atoms with E-state index in [0.717, 1.165) is 22.1 Å². The molecule has 0 saturated carbocycles. The van der Waals surface area contributed by atoms with E-state index in [1.807, 2.05) is 45.9 Å². The Kier molecular flexibility index (Phi) is 8.14. The van der Waals surface area contributed by atoms with Crippen molar-refractivity contribution in [2.45, 2.75) is 63.1 Å². The number of carbonyl (C=O) groups is 2. The molecule has 1 fully saturated rings. The summed E-state index contributed by atoms with van der Waals surface area (Å²) >= 11 is 1.42. The molecule has 3 aliphatic rings. The number of halogens is 2. The van der Waals surface area contributed by atoms with Crippen LogP contribution in [0.25, 0.3) is 0 Å². The number of fused-ring (bicyclic) bond motifs is 4. The number of aromatic nitrogens is 1. The van der Waals surface area contributed by atoms with Crippen LogP contribution < -0.4 is 15.6 Å². The molecule has 3 aliphatic heterocycles. The van der Waals surface area contributed by atoms with Gasteiger partial charge in [-0.3, -0.25) is 14.3 Å². The van der Waals surface area contributed by atoms with Crippen molar-refractivity contribution in [3.63, 3.8) is 0 Å². The quantitative estimate of drug-likeness (QED) is 0.365. The van der Waals surface area contributed by atoms with Gasteiger partial charge >= 0.3 is 6.16 Å². The maximum atomic E-state index is 14.7. The maximum Gasteiger partial charge on any atom is 0.514 e. The Morgan fingerprint density at radius 2 is 1.84 bits per heavy atom. The third kappa shape index (κ3) is 5.34. The number of carbonyl (C=O) groups excluding carboxylic acids is 2. The van der Waals surface area contributed by atoms with Gasteiger partial charge in [0.15, 0.2) is 17.3 Å². The number of nitrogens with zero attached hydrogens (tertiary/aromatic N) is 2. The van der Waals surface area contributed by atoms with Gasteiger partial charge in [-0.2, -0.15) is 0 Å². The minimum absolute atomic E-state index is 0.0165. The molecular weight excluding hydrogens is 592 g/mol. The average molecular weight is 626 g/mol. The number of amides is 1. The maximum absolute atomic E-state index is 14.7. The molecule has 0 radical (unpaired) electrons. The van der Waals surface area contributed by atoms with Crippen molar-refractivity contribution < 1.29 is 32.6 Å². The molecule has 0 aliphatic carbocycles. The van der Waals surface area contributed by atoms with Crippen molar-refractivity contribution in [1.82, 2.24) is 9.58 Å². The van der Waals surface area contributed by atoms with Crippen LogP contribution in [0, 0.1) is 23.5 Å². The Morgan fingerprint density at radius 1 is 1.07 bits per heavy atom. The van der Waals surface area contributed by atoms with Gasteiger partial charge in [0, 0.05) is 35.0 Å². The third-order valence-electron chi connectivity index (χ3n) is 8.28. The van der Waals surface area contributed by atoms with Crippen molar-refractivity contribution in [2.75, 3.05) is 18.6 Å². The number of hydrogen-bond donors (Lipinski definition) is 1. The molecule has 0 bridgehead atoms. The zero-order valence-corrected chi connectivity index (χ0v) is 25.6. The Balaban J connectivity index is 1.33. The Bertz CT molecular complexity index is 1690. The van der Waals surface area contributed by atoms with Gasteiger partial charge in [0.25, 0.3) is 5.91 Å². The minimum Gasteiger partial charge on any atom is -0.430 e. The molecule has 44 heavy (non-hydrogen) atoms. The molecule has 1 N–H and O–H groups in total. The molecule has 3 aromatic rings. The third-order valence-corrected chi connectivity index (χ3v) is 9.41. The highest BCUT2D eigenvalue weighted by Gasteiger charge is 2.44. The summed E-state index contributed by atoms with van der Waals surface area (Å²) in [4.78, 5) is 42.1. The normalized spacial score (nSPS) is 19.1. The first-order valence-corrected chi connectivity index (χ1v) is 15.6. The van der Waals surface area contributed by atoms with Crippen molar-refractivity contribution in [3.8, 4) is 5.75 Å². The van der Waals surface area contributed by atoms with Crippen LogP contribution in [0.1, 0.15) is 66.5 Å². The number of nitrogens with one attached hydrogen (secondary N) is 1. The van der Waals surface area contributed by atoms with Gasteiger partial charge in [0.2, 0.25) is 11.2 Å². The molecule has 6 rings (SSSR count). The lowest BCUT2D eigenvalue weighted by atomic mass is 9.92. The molecule has 1 amide bonds. The van der Waals surface area contributed by atoms with E-state index >= 15 is 0 Å². The molecule has 232 valence electrons. The summed E-state index contributed by atoms with van der Waals surface area (Å²) in [7, 11) is 0. The van der Waals surface area contributed by atoms with Crippen molar-refractivity contribution in [1.29, 1.82) is 0 Å².